The molecule has 2 N–H and O–H groups in total. The van der Waals surface area contributed by atoms with E-state index in [1.54, 1.807) is 13.1 Å². The Balaban J connectivity index is 2.51. The van der Waals surface area contributed by atoms with Crippen molar-refractivity contribution in [2.24, 2.45) is 11.8 Å². The lowest BCUT2D eigenvalue weighted by Gasteiger charge is -2.43. The fraction of sp³-hybridized carbons (Fsp3) is 0.562. The Bertz CT molecular complexity index is 503. The van der Waals surface area contributed by atoms with Gasteiger partial charge in [0.25, 0.3) is 0 Å². The largest absolute Gasteiger partial charge is 0.385 e. The first-order valence-corrected chi connectivity index (χ1v) is 7.46. The molecule has 1 aromatic rings. The van der Waals surface area contributed by atoms with E-state index in [9.17, 15) is 9.90 Å². The lowest BCUT2D eigenvalue weighted by atomic mass is 9.67. The van der Waals surface area contributed by atoms with Crippen LogP contribution in [0.25, 0.3) is 0 Å². The second-order valence-corrected chi connectivity index (χ2v) is 6.37. The second kappa shape index (κ2) is 5.84. The van der Waals surface area contributed by atoms with Gasteiger partial charge >= 0.3 is 0 Å². The average molecular weight is 296 g/mol. The molecule has 3 nitrogen and oxygen atoms in total. The summed E-state index contributed by atoms with van der Waals surface area (Å²) in [6.45, 7) is 4.25. The summed E-state index contributed by atoms with van der Waals surface area (Å²) in [6.07, 6.45) is 0.269. The number of carbonyl (C=O) groups excluding carboxylic acids is 1. The molecule has 0 saturated heterocycles. The molecule has 20 heavy (non-hydrogen) atoms. The molecule has 110 valence electrons. The Morgan fingerprint density at radius 2 is 2.05 bits per heavy atom. The molecule has 1 unspecified atom stereocenters. The van der Waals surface area contributed by atoms with Crippen molar-refractivity contribution in [1.82, 2.24) is 5.32 Å². The number of hydrogen-bond donors (Lipinski definition) is 2. The Morgan fingerprint density at radius 3 is 2.60 bits per heavy atom. The highest BCUT2D eigenvalue weighted by molar-refractivity contribution is 6.31. The number of nitrogens with one attached hydrogen (secondary N) is 1. The van der Waals surface area contributed by atoms with Crippen molar-refractivity contribution in [2.45, 2.75) is 38.3 Å². The number of aliphatic hydroxyl groups is 1. The number of aliphatic hydroxyl groups excluding tert-OH is 1. The predicted molar refractivity (Wildman–Crippen MR) is 80.8 cm³/mol. The van der Waals surface area contributed by atoms with Gasteiger partial charge in [0.1, 0.15) is 11.6 Å². The van der Waals surface area contributed by atoms with Crippen LogP contribution in [0, 0.1) is 11.8 Å². The van der Waals surface area contributed by atoms with Crippen LogP contribution in [0.5, 0.6) is 0 Å². The molecule has 1 aliphatic rings. The fourth-order valence-electron chi connectivity index (χ4n) is 3.17. The maximum Gasteiger partial charge on any atom is 0.185 e. The standard InChI is InChI=1S/C16H22ClNO2/c1-10(2)11-8-14(19)15(20)16(9-11,18-3)12-6-4-5-7-13(12)17/h4-7,10-11,14,18-19H,8-9H2,1-3H3/t11?,14-,16-/m1/s1. The first kappa shape index (κ1) is 15.5. The van der Waals surface area contributed by atoms with Crippen molar-refractivity contribution in [3.05, 3.63) is 34.9 Å². The van der Waals surface area contributed by atoms with Crippen molar-refractivity contribution < 1.29 is 9.90 Å². The molecule has 0 radical (unpaired) electrons. The molecule has 1 aromatic carbocycles. The number of carbonyl (C=O) groups is 1. The molecular weight excluding hydrogens is 274 g/mol. The van der Waals surface area contributed by atoms with Crippen LogP contribution in [0.3, 0.4) is 0 Å². The van der Waals surface area contributed by atoms with Gasteiger partial charge in [-0.25, -0.2) is 0 Å². The number of hydrogen-bond acceptors (Lipinski definition) is 3. The van der Waals surface area contributed by atoms with Crippen LogP contribution in [-0.2, 0) is 10.3 Å². The molecular formula is C16H22ClNO2. The van der Waals surface area contributed by atoms with Crippen LogP contribution in [0.2, 0.25) is 5.02 Å². The van der Waals surface area contributed by atoms with E-state index in [1.807, 2.05) is 18.2 Å². The van der Waals surface area contributed by atoms with E-state index in [2.05, 4.69) is 19.2 Å². The van der Waals surface area contributed by atoms with Crippen LogP contribution in [0.1, 0.15) is 32.3 Å². The number of ketones is 1. The minimum atomic E-state index is -0.931. The number of benzene rings is 1. The molecule has 0 amide bonds. The zero-order chi connectivity index (χ0) is 14.9. The average Bonchev–Trinajstić information content (AvgIpc) is 2.42. The monoisotopic (exact) mass is 295 g/mol. The van der Waals surface area contributed by atoms with E-state index in [0.29, 0.717) is 23.8 Å². The highest BCUT2D eigenvalue weighted by Crippen LogP contribution is 2.42. The van der Waals surface area contributed by atoms with Crippen molar-refractivity contribution in [1.29, 1.82) is 0 Å². The number of halogens is 1. The van der Waals surface area contributed by atoms with Crippen LogP contribution >= 0.6 is 11.6 Å². The normalized spacial score (nSPS) is 30.8. The maximum atomic E-state index is 12.6. The van der Waals surface area contributed by atoms with Crippen LogP contribution in [-0.4, -0.2) is 24.0 Å². The van der Waals surface area contributed by atoms with Gasteiger partial charge in [0, 0.05) is 5.02 Å². The lowest BCUT2D eigenvalue weighted by Crippen LogP contribution is -2.57. The fourth-order valence-corrected chi connectivity index (χ4v) is 3.47. The quantitative estimate of drug-likeness (QED) is 0.901. The smallest absolute Gasteiger partial charge is 0.185 e. The maximum absolute atomic E-state index is 12.6. The van der Waals surface area contributed by atoms with Gasteiger partial charge in [-0.05, 0) is 43.4 Å². The van der Waals surface area contributed by atoms with E-state index >= 15 is 0 Å². The van der Waals surface area contributed by atoms with E-state index in [1.165, 1.54) is 0 Å². The third-order valence-corrected chi connectivity index (χ3v) is 4.85. The van der Waals surface area contributed by atoms with Gasteiger partial charge in [0.2, 0.25) is 0 Å². The zero-order valence-corrected chi connectivity index (χ0v) is 12.9. The summed E-state index contributed by atoms with van der Waals surface area (Å²) in [7, 11) is 1.76. The topological polar surface area (TPSA) is 49.3 Å². The summed E-state index contributed by atoms with van der Waals surface area (Å²) in [5.74, 6) is 0.518. The van der Waals surface area contributed by atoms with Crippen LogP contribution in [0.15, 0.2) is 24.3 Å². The van der Waals surface area contributed by atoms with Crippen LogP contribution < -0.4 is 5.32 Å². The molecule has 2 rings (SSSR count). The minimum Gasteiger partial charge on any atom is -0.385 e. The molecule has 0 aromatic heterocycles. The predicted octanol–water partition coefficient (Wildman–Crippen LogP) is 2.75. The van der Waals surface area contributed by atoms with E-state index in [-0.39, 0.29) is 11.7 Å². The van der Waals surface area contributed by atoms with Gasteiger partial charge in [-0.1, -0.05) is 43.6 Å². The number of rotatable bonds is 3. The van der Waals surface area contributed by atoms with Crippen molar-refractivity contribution in [2.75, 3.05) is 7.05 Å². The molecule has 0 aliphatic heterocycles. The SMILES string of the molecule is CN[C@@]1(c2ccccc2Cl)CC(C(C)C)C[C@@H](O)C1=O. The molecule has 4 heteroatoms. The summed E-state index contributed by atoms with van der Waals surface area (Å²) in [5, 5.41) is 13.9. The first-order valence-electron chi connectivity index (χ1n) is 7.08. The Hall–Kier alpha value is -0.900. The Kier molecular flexibility index (Phi) is 4.52. The van der Waals surface area contributed by atoms with Gasteiger partial charge < -0.3 is 10.4 Å². The molecule has 1 fully saturated rings. The molecule has 1 aliphatic carbocycles. The van der Waals surface area contributed by atoms with Crippen molar-refractivity contribution in [3.63, 3.8) is 0 Å². The number of likely N-dealkylation sites (N-methyl/N-ethyl adjacent to an activating group) is 1. The highest BCUT2D eigenvalue weighted by Gasteiger charge is 2.49. The summed E-state index contributed by atoms with van der Waals surface area (Å²) in [5.41, 5.74) is -0.121. The molecule has 3 atom stereocenters. The zero-order valence-electron chi connectivity index (χ0n) is 12.2. The Morgan fingerprint density at radius 1 is 1.40 bits per heavy atom. The van der Waals surface area contributed by atoms with Crippen LogP contribution in [0.4, 0.5) is 0 Å². The molecule has 0 bridgehead atoms. The van der Waals surface area contributed by atoms with Gasteiger partial charge in [-0.2, -0.15) is 0 Å². The highest BCUT2D eigenvalue weighted by atomic mass is 35.5. The van der Waals surface area contributed by atoms with Gasteiger partial charge in [0.05, 0.1) is 0 Å². The van der Waals surface area contributed by atoms with Gasteiger partial charge in [-0.3, -0.25) is 4.79 Å². The minimum absolute atomic E-state index is 0.176. The van der Waals surface area contributed by atoms with Gasteiger partial charge in [-0.15, -0.1) is 0 Å². The van der Waals surface area contributed by atoms with E-state index in [4.69, 9.17) is 11.6 Å². The summed E-state index contributed by atoms with van der Waals surface area (Å²) < 4.78 is 0. The van der Waals surface area contributed by atoms with Crippen molar-refractivity contribution in [3.8, 4) is 0 Å². The van der Waals surface area contributed by atoms with E-state index < -0.39 is 11.6 Å². The summed E-state index contributed by atoms with van der Waals surface area (Å²) in [4.78, 5) is 12.6. The van der Waals surface area contributed by atoms with E-state index in [0.717, 1.165) is 5.56 Å². The molecule has 1 saturated carbocycles. The Labute approximate surface area is 125 Å². The molecule has 0 heterocycles. The third-order valence-electron chi connectivity index (χ3n) is 4.52. The second-order valence-electron chi connectivity index (χ2n) is 5.96. The first-order chi connectivity index (χ1) is 9.42. The lowest BCUT2D eigenvalue weighted by molar-refractivity contribution is -0.140. The van der Waals surface area contributed by atoms with Crippen molar-refractivity contribution >= 4 is 17.4 Å². The molecule has 0 spiro atoms. The van der Waals surface area contributed by atoms with Gasteiger partial charge in [0.15, 0.2) is 5.78 Å². The third kappa shape index (κ3) is 2.50. The summed E-state index contributed by atoms with van der Waals surface area (Å²) in [6, 6.07) is 7.37. The number of Topliss-reactive ketones (excluding diaryl/α,β-unsaturated/α-hetero) is 1. The summed E-state index contributed by atoms with van der Waals surface area (Å²) >= 11 is 6.29.